The highest BCUT2D eigenvalue weighted by molar-refractivity contribution is 7.12. The van der Waals surface area contributed by atoms with Crippen molar-refractivity contribution in [3.8, 4) is 0 Å². The Morgan fingerprint density at radius 2 is 2.40 bits per heavy atom. The Labute approximate surface area is 93.3 Å². The van der Waals surface area contributed by atoms with Crippen molar-refractivity contribution in [2.45, 2.75) is 31.9 Å². The highest BCUT2D eigenvalue weighted by Gasteiger charge is 2.43. The number of aliphatic hydroxyl groups excluding tert-OH is 1. The molecule has 1 unspecified atom stereocenters. The van der Waals surface area contributed by atoms with Crippen molar-refractivity contribution < 1.29 is 9.90 Å². The maximum Gasteiger partial charge on any atom is 0.264 e. The summed E-state index contributed by atoms with van der Waals surface area (Å²) in [7, 11) is 0. The standard InChI is InChI=1S/C11H15NO2S/c1-11(2)9(13)5-6-12(11)10(14)8-4-3-7-15-8/h3-4,7,9,13H,5-6H2,1-2H3. The molecule has 0 spiro atoms. The lowest BCUT2D eigenvalue weighted by Crippen LogP contribution is -2.47. The maximum absolute atomic E-state index is 12.1. The monoisotopic (exact) mass is 225 g/mol. The first-order valence-electron chi connectivity index (χ1n) is 5.07. The zero-order valence-electron chi connectivity index (χ0n) is 8.93. The molecule has 1 fully saturated rings. The lowest BCUT2D eigenvalue weighted by atomic mass is 9.99. The van der Waals surface area contributed by atoms with Gasteiger partial charge in [-0.3, -0.25) is 4.79 Å². The molecule has 15 heavy (non-hydrogen) atoms. The summed E-state index contributed by atoms with van der Waals surface area (Å²) in [5.74, 6) is 0.0338. The van der Waals surface area contributed by atoms with E-state index in [1.54, 1.807) is 4.90 Å². The number of aliphatic hydroxyl groups is 1. The Balaban J connectivity index is 2.22. The number of hydrogen-bond acceptors (Lipinski definition) is 3. The van der Waals surface area contributed by atoms with Crippen LogP contribution < -0.4 is 0 Å². The molecule has 1 atom stereocenters. The fourth-order valence-electron chi connectivity index (χ4n) is 1.97. The molecule has 3 nitrogen and oxygen atoms in total. The number of carbonyl (C=O) groups excluding carboxylic acids is 1. The van der Waals surface area contributed by atoms with E-state index in [4.69, 9.17) is 0 Å². The molecule has 1 aromatic heterocycles. The van der Waals surface area contributed by atoms with Crippen molar-refractivity contribution in [2.75, 3.05) is 6.54 Å². The van der Waals surface area contributed by atoms with E-state index >= 15 is 0 Å². The van der Waals surface area contributed by atoms with Crippen LogP contribution in [-0.4, -0.2) is 34.1 Å². The summed E-state index contributed by atoms with van der Waals surface area (Å²) in [5, 5.41) is 11.7. The van der Waals surface area contributed by atoms with Crippen molar-refractivity contribution in [3.05, 3.63) is 22.4 Å². The summed E-state index contributed by atoms with van der Waals surface area (Å²) in [6, 6.07) is 3.70. The third-order valence-electron chi connectivity index (χ3n) is 3.11. The van der Waals surface area contributed by atoms with Crippen LogP contribution in [0.25, 0.3) is 0 Å². The van der Waals surface area contributed by atoms with Crippen LogP contribution in [0.5, 0.6) is 0 Å². The summed E-state index contributed by atoms with van der Waals surface area (Å²) in [6.45, 7) is 4.47. The molecule has 1 aliphatic heterocycles. The summed E-state index contributed by atoms with van der Waals surface area (Å²) >= 11 is 1.45. The fourth-order valence-corrected chi connectivity index (χ4v) is 2.64. The lowest BCUT2D eigenvalue weighted by molar-refractivity contribution is 0.0398. The van der Waals surface area contributed by atoms with E-state index in [0.29, 0.717) is 13.0 Å². The summed E-state index contributed by atoms with van der Waals surface area (Å²) in [5.41, 5.74) is -0.443. The smallest absolute Gasteiger partial charge is 0.264 e. The molecule has 1 amide bonds. The Hall–Kier alpha value is -0.870. The van der Waals surface area contributed by atoms with Crippen molar-refractivity contribution in [1.29, 1.82) is 0 Å². The molecule has 0 bridgehead atoms. The fraction of sp³-hybridized carbons (Fsp3) is 0.545. The normalized spacial score (nSPS) is 24.5. The molecule has 1 aliphatic rings. The van der Waals surface area contributed by atoms with Crippen LogP contribution in [0.4, 0.5) is 0 Å². The number of likely N-dealkylation sites (tertiary alicyclic amines) is 1. The van der Waals surface area contributed by atoms with Crippen LogP contribution in [0.3, 0.4) is 0 Å². The van der Waals surface area contributed by atoms with Gasteiger partial charge in [0.25, 0.3) is 5.91 Å². The van der Waals surface area contributed by atoms with E-state index < -0.39 is 11.6 Å². The van der Waals surface area contributed by atoms with Gasteiger partial charge in [-0.05, 0) is 31.7 Å². The minimum atomic E-state index is -0.443. The molecular weight excluding hydrogens is 210 g/mol. The van der Waals surface area contributed by atoms with Gasteiger partial charge in [0.15, 0.2) is 0 Å². The van der Waals surface area contributed by atoms with E-state index in [1.807, 2.05) is 31.4 Å². The number of rotatable bonds is 1. The zero-order chi connectivity index (χ0) is 11.1. The van der Waals surface area contributed by atoms with Crippen molar-refractivity contribution in [1.82, 2.24) is 4.90 Å². The van der Waals surface area contributed by atoms with Gasteiger partial charge in [-0.15, -0.1) is 11.3 Å². The van der Waals surface area contributed by atoms with Crippen LogP contribution in [0.15, 0.2) is 17.5 Å². The largest absolute Gasteiger partial charge is 0.391 e. The Bertz CT molecular complexity index is 359. The highest BCUT2D eigenvalue weighted by atomic mass is 32.1. The van der Waals surface area contributed by atoms with Gasteiger partial charge in [0, 0.05) is 6.54 Å². The quantitative estimate of drug-likeness (QED) is 0.790. The molecular formula is C11H15NO2S. The van der Waals surface area contributed by atoms with Crippen LogP contribution in [-0.2, 0) is 0 Å². The van der Waals surface area contributed by atoms with E-state index in [-0.39, 0.29) is 5.91 Å². The summed E-state index contributed by atoms with van der Waals surface area (Å²) in [6.07, 6.45) is 0.255. The molecule has 0 aromatic carbocycles. The topological polar surface area (TPSA) is 40.5 Å². The van der Waals surface area contributed by atoms with Gasteiger partial charge in [0.1, 0.15) is 0 Å². The third-order valence-corrected chi connectivity index (χ3v) is 3.97. The molecule has 2 rings (SSSR count). The van der Waals surface area contributed by atoms with Crippen LogP contribution in [0.1, 0.15) is 29.9 Å². The van der Waals surface area contributed by atoms with Crippen molar-refractivity contribution in [2.24, 2.45) is 0 Å². The Kier molecular flexibility index (Phi) is 2.56. The molecule has 0 radical (unpaired) electrons. The number of amides is 1. The Morgan fingerprint density at radius 1 is 1.67 bits per heavy atom. The molecule has 0 aliphatic carbocycles. The SMILES string of the molecule is CC1(C)C(O)CCN1C(=O)c1cccs1. The van der Waals surface area contributed by atoms with E-state index in [2.05, 4.69) is 0 Å². The van der Waals surface area contributed by atoms with Gasteiger partial charge in [0.2, 0.25) is 0 Å². The van der Waals surface area contributed by atoms with E-state index in [1.165, 1.54) is 11.3 Å². The van der Waals surface area contributed by atoms with Gasteiger partial charge < -0.3 is 10.0 Å². The lowest BCUT2D eigenvalue weighted by Gasteiger charge is -2.33. The molecule has 82 valence electrons. The predicted molar refractivity (Wildman–Crippen MR) is 60.1 cm³/mol. The predicted octanol–water partition coefficient (Wildman–Crippen LogP) is 1.73. The molecule has 0 saturated carbocycles. The first kappa shape index (κ1) is 10.6. The molecule has 1 saturated heterocycles. The molecule has 4 heteroatoms. The summed E-state index contributed by atoms with van der Waals surface area (Å²) in [4.78, 5) is 14.6. The van der Waals surface area contributed by atoms with Crippen molar-refractivity contribution in [3.63, 3.8) is 0 Å². The number of nitrogens with zero attached hydrogens (tertiary/aromatic N) is 1. The first-order valence-corrected chi connectivity index (χ1v) is 5.95. The third kappa shape index (κ3) is 1.68. The average Bonchev–Trinajstić information content (AvgIpc) is 2.76. The zero-order valence-corrected chi connectivity index (χ0v) is 9.75. The van der Waals surface area contributed by atoms with Crippen LogP contribution >= 0.6 is 11.3 Å². The maximum atomic E-state index is 12.1. The van der Waals surface area contributed by atoms with Crippen molar-refractivity contribution >= 4 is 17.2 Å². The number of thiophene rings is 1. The second-order valence-electron chi connectivity index (χ2n) is 4.39. The second-order valence-corrected chi connectivity index (χ2v) is 5.34. The van der Waals surface area contributed by atoms with E-state index in [0.717, 1.165) is 4.88 Å². The molecule has 1 aromatic rings. The van der Waals surface area contributed by atoms with Gasteiger partial charge in [0.05, 0.1) is 16.5 Å². The summed E-state index contributed by atoms with van der Waals surface area (Å²) < 4.78 is 0. The highest BCUT2D eigenvalue weighted by Crippen LogP contribution is 2.30. The minimum Gasteiger partial charge on any atom is -0.391 e. The molecule has 2 heterocycles. The molecule has 1 N–H and O–H groups in total. The minimum absolute atomic E-state index is 0.0338. The second kappa shape index (κ2) is 3.61. The average molecular weight is 225 g/mol. The van der Waals surface area contributed by atoms with Crippen LogP contribution in [0.2, 0.25) is 0 Å². The van der Waals surface area contributed by atoms with Crippen LogP contribution in [0, 0.1) is 0 Å². The van der Waals surface area contributed by atoms with Gasteiger partial charge >= 0.3 is 0 Å². The van der Waals surface area contributed by atoms with Gasteiger partial charge in [-0.25, -0.2) is 0 Å². The number of carbonyl (C=O) groups is 1. The van der Waals surface area contributed by atoms with E-state index in [9.17, 15) is 9.90 Å². The first-order chi connectivity index (χ1) is 7.03. The number of hydrogen-bond donors (Lipinski definition) is 1. The Morgan fingerprint density at radius 3 is 2.87 bits per heavy atom. The van der Waals surface area contributed by atoms with Gasteiger partial charge in [-0.1, -0.05) is 6.07 Å². The van der Waals surface area contributed by atoms with Gasteiger partial charge in [-0.2, -0.15) is 0 Å².